The number of nitrogens with zero attached hydrogens (tertiary/aromatic N) is 3. The average molecular weight is 315 g/mol. The fourth-order valence-corrected chi connectivity index (χ4v) is 2.82. The van der Waals surface area contributed by atoms with E-state index in [1.54, 1.807) is 12.1 Å². The first-order valence-electron chi connectivity index (χ1n) is 7.95. The van der Waals surface area contributed by atoms with Crippen LogP contribution in [0.5, 0.6) is 0 Å². The SMILES string of the molecule is CC(C)c1nc(N2CCNCC2)nc(N)c1-c1ccc(F)cc1. The van der Waals surface area contributed by atoms with E-state index in [1.165, 1.54) is 12.1 Å². The van der Waals surface area contributed by atoms with Gasteiger partial charge in [-0.05, 0) is 23.6 Å². The van der Waals surface area contributed by atoms with E-state index >= 15 is 0 Å². The van der Waals surface area contributed by atoms with E-state index in [9.17, 15) is 4.39 Å². The molecule has 23 heavy (non-hydrogen) atoms. The minimum Gasteiger partial charge on any atom is -0.383 e. The molecule has 1 saturated heterocycles. The third-order valence-electron chi connectivity index (χ3n) is 4.03. The summed E-state index contributed by atoms with van der Waals surface area (Å²) in [7, 11) is 0. The Morgan fingerprint density at radius 1 is 1.13 bits per heavy atom. The third kappa shape index (κ3) is 3.27. The highest BCUT2D eigenvalue weighted by atomic mass is 19.1. The fraction of sp³-hybridized carbons (Fsp3) is 0.412. The van der Waals surface area contributed by atoms with E-state index in [-0.39, 0.29) is 11.7 Å². The Bertz CT molecular complexity index is 678. The molecule has 122 valence electrons. The van der Waals surface area contributed by atoms with Crippen LogP contribution in [0.15, 0.2) is 24.3 Å². The summed E-state index contributed by atoms with van der Waals surface area (Å²) in [5.74, 6) is 1.06. The highest BCUT2D eigenvalue weighted by molar-refractivity contribution is 5.77. The molecule has 1 aromatic carbocycles. The van der Waals surface area contributed by atoms with Gasteiger partial charge in [-0.25, -0.2) is 9.37 Å². The molecule has 0 amide bonds. The number of aromatic nitrogens is 2. The molecule has 1 fully saturated rings. The Labute approximate surface area is 135 Å². The maximum atomic E-state index is 13.2. The van der Waals surface area contributed by atoms with Crippen LogP contribution in [-0.4, -0.2) is 36.1 Å². The first kappa shape index (κ1) is 15.7. The summed E-state index contributed by atoms with van der Waals surface area (Å²) < 4.78 is 13.2. The minimum absolute atomic E-state index is 0.196. The first-order chi connectivity index (χ1) is 11.1. The van der Waals surface area contributed by atoms with Crippen LogP contribution in [0.2, 0.25) is 0 Å². The minimum atomic E-state index is -0.267. The second kappa shape index (κ2) is 6.50. The number of nitrogen functional groups attached to an aromatic ring is 1. The van der Waals surface area contributed by atoms with Crippen molar-refractivity contribution in [2.75, 3.05) is 36.8 Å². The van der Waals surface area contributed by atoms with E-state index in [0.717, 1.165) is 43.0 Å². The second-order valence-electron chi connectivity index (χ2n) is 6.07. The van der Waals surface area contributed by atoms with Gasteiger partial charge in [0.25, 0.3) is 0 Å². The topological polar surface area (TPSA) is 67.1 Å². The smallest absolute Gasteiger partial charge is 0.227 e. The van der Waals surface area contributed by atoms with Crippen molar-refractivity contribution < 1.29 is 4.39 Å². The lowest BCUT2D eigenvalue weighted by Gasteiger charge is -2.28. The molecule has 1 aliphatic rings. The molecule has 0 radical (unpaired) electrons. The second-order valence-corrected chi connectivity index (χ2v) is 6.07. The molecular weight excluding hydrogens is 293 g/mol. The molecule has 0 unspecified atom stereocenters. The van der Waals surface area contributed by atoms with Gasteiger partial charge in [0.2, 0.25) is 5.95 Å². The normalized spacial score (nSPS) is 15.2. The van der Waals surface area contributed by atoms with Crippen LogP contribution in [0.4, 0.5) is 16.2 Å². The summed E-state index contributed by atoms with van der Waals surface area (Å²) in [4.78, 5) is 11.4. The number of rotatable bonds is 3. The van der Waals surface area contributed by atoms with Crippen molar-refractivity contribution in [2.45, 2.75) is 19.8 Å². The molecule has 3 rings (SSSR count). The van der Waals surface area contributed by atoms with Gasteiger partial charge in [-0.3, -0.25) is 0 Å². The van der Waals surface area contributed by atoms with Crippen LogP contribution in [0.3, 0.4) is 0 Å². The molecule has 0 bridgehead atoms. The molecule has 3 N–H and O–H groups in total. The first-order valence-corrected chi connectivity index (χ1v) is 7.95. The Kier molecular flexibility index (Phi) is 4.43. The Balaban J connectivity index is 2.07. The average Bonchev–Trinajstić information content (AvgIpc) is 2.56. The van der Waals surface area contributed by atoms with Gasteiger partial charge >= 0.3 is 0 Å². The van der Waals surface area contributed by atoms with Crippen molar-refractivity contribution in [1.29, 1.82) is 0 Å². The third-order valence-corrected chi connectivity index (χ3v) is 4.03. The zero-order valence-electron chi connectivity index (χ0n) is 13.5. The van der Waals surface area contributed by atoms with E-state index < -0.39 is 0 Å². The largest absolute Gasteiger partial charge is 0.383 e. The van der Waals surface area contributed by atoms with Crippen LogP contribution >= 0.6 is 0 Å². The summed E-state index contributed by atoms with van der Waals surface area (Å²) in [5, 5.41) is 3.31. The van der Waals surface area contributed by atoms with Crippen molar-refractivity contribution in [3.8, 4) is 11.1 Å². The van der Waals surface area contributed by atoms with Gasteiger partial charge in [-0.15, -0.1) is 0 Å². The predicted molar refractivity (Wildman–Crippen MR) is 91.0 cm³/mol. The molecule has 1 aromatic heterocycles. The van der Waals surface area contributed by atoms with Gasteiger partial charge in [0.05, 0.1) is 5.69 Å². The number of piperazine rings is 1. The molecule has 2 heterocycles. The number of nitrogens with two attached hydrogens (primary N) is 1. The van der Waals surface area contributed by atoms with Crippen molar-refractivity contribution in [3.63, 3.8) is 0 Å². The number of hydrogen-bond acceptors (Lipinski definition) is 5. The molecule has 5 nitrogen and oxygen atoms in total. The van der Waals surface area contributed by atoms with E-state index in [4.69, 9.17) is 10.7 Å². The van der Waals surface area contributed by atoms with Gasteiger partial charge in [-0.2, -0.15) is 4.98 Å². The highest BCUT2D eigenvalue weighted by Gasteiger charge is 2.20. The maximum Gasteiger partial charge on any atom is 0.227 e. The van der Waals surface area contributed by atoms with Gasteiger partial charge < -0.3 is 16.0 Å². The lowest BCUT2D eigenvalue weighted by Crippen LogP contribution is -2.44. The highest BCUT2D eigenvalue weighted by Crippen LogP contribution is 2.33. The molecule has 0 aliphatic carbocycles. The number of nitrogens with one attached hydrogen (secondary N) is 1. The lowest BCUT2D eigenvalue weighted by molar-refractivity contribution is 0.578. The standard InChI is InChI=1S/C17H22FN5/c1-11(2)15-14(12-3-5-13(18)6-4-12)16(19)22-17(21-15)23-9-7-20-8-10-23/h3-6,11,20H,7-10H2,1-2H3,(H2,19,21,22). The molecule has 0 saturated carbocycles. The molecule has 6 heteroatoms. The molecule has 1 aliphatic heterocycles. The predicted octanol–water partition coefficient (Wildman–Crippen LogP) is 2.40. The Morgan fingerprint density at radius 3 is 2.39 bits per heavy atom. The van der Waals surface area contributed by atoms with Crippen molar-refractivity contribution in [3.05, 3.63) is 35.8 Å². The van der Waals surface area contributed by atoms with Crippen molar-refractivity contribution >= 4 is 11.8 Å². The number of anilines is 2. The van der Waals surface area contributed by atoms with Crippen LogP contribution in [0.25, 0.3) is 11.1 Å². The van der Waals surface area contributed by atoms with Gasteiger partial charge in [0, 0.05) is 31.7 Å². The maximum absolute atomic E-state index is 13.2. The van der Waals surface area contributed by atoms with Crippen molar-refractivity contribution in [1.82, 2.24) is 15.3 Å². The van der Waals surface area contributed by atoms with Crippen LogP contribution < -0.4 is 16.0 Å². The Hall–Kier alpha value is -2.21. The fourth-order valence-electron chi connectivity index (χ4n) is 2.82. The summed E-state index contributed by atoms with van der Waals surface area (Å²) in [6, 6.07) is 6.31. The zero-order chi connectivity index (χ0) is 16.4. The van der Waals surface area contributed by atoms with Crippen LogP contribution in [0.1, 0.15) is 25.5 Å². The summed E-state index contributed by atoms with van der Waals surface area (Å²) in [5.41, 5.74) is 8.80. The monoisotopic (exact) mass is 315 g/mol. The number of halogens is 1. The van der Waals surface area contributed by atoms with Gasteiger partial charge in [-0.1, -0.05) is 26.0 Å². The van der Waals surface area contributed by atoms with Crippen LogP contribution in [-0.2, 0) is 0 Å². The quantitative estimate of drug-likeness (QED) is 0.910. The molecule has 0 spiro atoms. The van der Waals surface area contributed by atoms with Gasteiger partial charge in [0.1, 0.15) is 11.6 Å². The molecule has 0 atom stereocenters. The van der Waals surface area contributed by atoms with E-state index in [2.05, 4.69) is 29.0 Å². The number of benzene rings is 1. The summed E-state index contributed by atoms with van der Waals surface area (Å²) in [6.07, 6.45) is 0. The van der Waals surface area contributed by atoms with Gasteiger partial charge in [0.15, 0.2) is 0 Å². The summed E-state index contributed by atoms with van der Waals surface area (Å²) in [6.45, 7) is 7.73. The molecule has 2 aromatic rings. The van der Waals surface area contributed by atoms with Crippen LogP contribution in [0, 0.1) is 5.82 Å². The Morgan fingerprint density at radius 2 is 1.78 bits per heavy atom. The lowest BCUT2D eigenvalue weighted by atomic mass is 9.98. The molecular formula is C17H22FN5. The van der Waals surface area contributed by atoms with E-state index in [0.29, 0.717) is 11.8 Å². The van der Waals surface area contributed by atoms with E-state index in [1.807, 2.05) is 0 Å². The summed E-state index contributed by atoms with van der Waals surface area (Å²) >= 11 is 0. The number of hydrogen-bond donors (Lipinski definition) is 2. The van der Waals surface area contributed by atoms with Crippen molar-refractivity contribution in [2.24, 2.45) is 0 Å². The zero-order valence-corrected chi connectivity index (χ0v) is 13.5.